The van der Waals surface area contributed by atoms with Gasteiger partial charge in [0.1, 0.15) is 11.5 Å². The van der Waals surface area contributed by atoms with Crippen molar-refractivity contribution >= 4 is 39.6 Å². The van der Waals surface area contributed by atoms with Crippen LogP contribution in [0.4, 0.5) is 17.1 Å². The predicted molar refractivity (Wildman–Crippen MR) is 308 cm³/mol. The van der Waals surface area contributed by atoms with Gasteiger partial charge in [0.25, 0.3) is 0 Å². The molecule has 4 aliphatic rings. The van der Waals surface area contributed by atoms with Crippen LogP contribution >= 0.6 is 11.8 Å². The highest BCUT2D eigenvalue weighted by Crippen LogP contribution is 2.68. The Balaban J connectivity index is 1.01. The van der Waals surface area contributed by atoms with Crippen LogP contribution in [0.25, 0.3) is 55.3 Å². The maximum absolute atomic E-state index is 6.81. The van der Waals surface area contributed by atoms with Gasteiger partial charge in [-0.2, -0.15) is 0 Å². The molecule has 0 aromatic heterocycles. The lowest BCUT2D eigenvalue weighted by Crippen LogP contribution is -2.32. The smallest absolute Gasteiger partial charge is 0.132 e. The van der Waals surface area contributed by atoms with Crippen molar-refractivity contribution in [3.05, 3.63) is 317 Å². The van der Waals surface area contributed by atoms with E-state index in [1.165, 1.54) is 98.6 Å². The van der Waals surface area contributed by atoms with Gasteiger partial charge < -0.3 is 9.64 Å². The van der Waals surface area contributed by atoms with Gasteiger partial charge in [0.15, 0.2) is 0 Å². The summed E-state index contributed by atoms with van der Waals surface area (Å²) in [6, 6.07) is 102. The topological polar surface area (TPSA) is 12.5 Å². The molecule has 2 nitrogen and oxygen atoms in total. The fraction of sp³-hybridized carbons (Fsp3) is 0.0278. The van der Waals surface area contributed by atoms with Crippen LogP contribution in [0.5, 0.6) is 11.5 Å². The number of ether oxygens (including phenoxy) is 1. The van der Waals surface area contributed by atoms with Crippen molar-refractivity contribution in [3.63, 3.8) is 0 Å². The summed E-state index contributed by atoms with van der Waals surface area (Å²) < 4.78 is 6.81. The quantitative estimate of drug-likeness (QED) is 0.171. The number of anilines is 3. The molecule has 2 aliphatic heterocycles. The first kappa shape index (κ1) is 42.4. The van der Waals surface area contributed by atoms with Gasteiger partial charge in [-0.05, 0) is 121 Å². The van der Waals surface area contributed by atoms with Crippen molar-refractivity contribution in [2.45, 2.75) is 20.6 Å². The molecule has 0 amide bonds. The number of hydrogen-bond donors (Lipinski definition) is 0. The molecular formula is C72H45NOS. The molecule has 0 N–H and O–H groups in total. The second kappa shape index (κ2) is 16.2. The Bertz CT molecular complexity index is 4220. The Kier molecular flexibility index (Phi) is 9.14. The maximum atomic E-state index is 6.81. The van der Waals surface area contributed by atoms with E-state index < -0.39 is 10.8 Å². The molecule has 350 valence electrons. The average molecular weight is 972 g/mol. The second-order valence-corrected chi connectivity index (χ2v) is 21.3. The molecule has 0 radical (unpaired) electrons. The minimum absolute atomic E-state index is 0.574. The highest BCUT2D eigenvalue weighted by Gasteiger charge is 2.54. The summed E-state index contributed by atoms with van der Waals surface area (Å²) in [5.74, 6) is 1.77. The zero-order chi connectivity index (χ0) is 49.2. The lowest BCUT2D eigenvalue weighted by molar-refractivity contribution is 0.436. The van der Waals surface area contributed by atoms with Gasteiger partial charge in [0.2, 0.25) is 0 Å². The van der Waals surface area contributed by atoms with E-state index in [0.717, 1.165) is 39.6 Å². The van der Waals surface area contributed by atoms with Crippen molar-refractivity contribution < 1.29 is 4.74 Å². The lowest BCUT2D eigenvalue weighted by Gasteiger charge is -2.40. The summed E-state index contributed by atoms with van der Waals surface area (Å²) in [6.45, 7) is 0. The average Bonchev–Trinajstić information content (AvgIpc) is 4.03. The van der Waals surface area contributed by atoms with E-state index in [1.54, 1.807) is 0 Å². The minimum atomic E-state index is -0.640. The van der Waals surface area contributed by atoms with E-state index in [0.29, 0.717) is 0 Å². The van der Waals surface area contributed by atoms with Gasteiger partial charge >= 0.3 is 0 Å². The van der Waals surface area contributed by atoms with Crippen LogP contribution < -0.4 is 9.64 Å². The second-order valence-electron chi connectivity index (χ2n) is 20.2. The largest absolute Gasteiger partial charge is 0.457 e. The van der Waals surface area contributed by atoms with E-state index in [2.05, 4.69) is 278 Å². The number of rotatable bonds is 5. The van der Waals surface area contributed by atoms with Crippen molar-refractivity contribution in [2.24, 2.45) is 0 Å². The first-order valence-corrected chi connectivity index (χ1v) is 26.7. The number of benzene rings is 12. The van der Waals surface area contributed by atoms with Crippen molar-refractivity contribution in [1.29, 1.82) is 0 Å². The number of fused-ring (bicyclic) bond motifs is 19. The molecular weight excluding hydrogens is 927 g/mol. The molecule has 0 saturated carbocycles. The molecule has 2 spiro atoms. The number of para-hydroxylation sites is 2. The van der Waals surface area contributed by atoms with Crippen LogP contribution in [0.2, 0.25) is 0 Å². The third kappa shape index (κ3) is 5.82. The van der Waals surface area contributed by atoms with Gasteiger partial charge in [-0.1, -0.05) is 236 Å². The van der Waals surface area contributed by atoms with Crippen LogP contribution in [0.3, 0.4) is 0 Å². The molecule has 0 saturated heterocycles. The van der Waals surface area contributed by atoms with Gasteiger partial charge in [0, 0.05) is 43.1 Å². The summed E-state index contributed by atoms with van der Waals surface area (Å²) >= 11 is 1.89. The first-order chi connectivity index (χ1) is 37.2. The summed E-state index contributed by atoms with van der Waals surface area (Å²) in [4.78, 5) is 5.20. The zero-order valence-corrected chi connectivity index (χ0v) is 41.6. The van der Waals surface area contributed by atoms with Crippen LogP contribution in [0, 0.1) is 0 Å². The van der Waals surface area contributed by atoms with Crippen molar-refractivity contribution in [2.75, 3.05) is 4.90 Å². The monoisotopic (exact) mass is 971 g/mol. The Morgan fingerprint density at radius 1 is 0.320 bits per heavy atom. The van der Waals surface area contributed by atoms with Gasteiger partial charge in [-0.15, -0.1) is 0 Å². The molecule has 75 heavy (non-hydrogen) atoms. The van der Waals surface area contributed by atoms with Crippen molar-refractivity contribution in [1.82, 2.24) is 0 Å². The standard InChI is InChI=1S/C72H45NOS/c1-2-19-46(20-3-1)47-37-39-48(40-38-47)49-41-43-51(44-42-49)73(63-32-18-31-61-68(63)53-23-6-8-25-55(53)71(61)57-27-10-14-33-64(57)74-65-34-15-11-28-58(65)71)70-52-22-5-4-21-50(52)45-62-69(70)54-24-7-9-26-56(54)72(62)59-29-12-16-35-66(59)75-67-36-17-13-30-60(67)72/h1-45H. The van der Waals surface area contributed by atoms with E-state index in [9.17, 15) is 0 Å². The summed E-state index contributed by atoms with van der Waals surface area (Å²) in [7, 11) is 0. The van der Waals surface area contributed by atoms with E-state index in [1.807, 2.05) is 11.8 Å². The minimum Gasteiger partial charge on any atom is -0.457 e. The predicted octanol–water partition coefficient (Wildman–Crippen LogP) is 18.9. The van der Waals surface area contributed by atoms with Gasteiger partial charge in [-0.3, -0.25) is 0 Å². The summed E-state index contributed by atoms with van der Waals surface area (Å²) in [6.07, 6.45) is 0. The van der Waals surface area contributed by atoms with Crippen LogP contribution in [0.15, 0.2) is 283 Å². The van der Waals surface area contributed by atoms with Crippen LogP contribution in [-0.4, -0.2) is 0 Å². The van der Waals surface area contributed by atoms with Crippen LogP contribution in [-0.2, 0) is 10.8 Å². The molecule has 12 aromatic rings. The number of nitrogens with zero attached hydrogens (tertiary/aromatic N) is 1. The molecule has 2 aliphatic carbocycles. The molecule has 2 heterocycles. The highest BCUT2D eigenvalue weighted by molar-refractivity contribution is 7.99. The molecule has 3 heteroatoms. The maximum Gasteiger partial charge on any atom is 0.132 e. The molecule has 16 rings (SSSR count). The Morgan fingerprint density at radius 2 is 0.773 bits per heavy atom. The molecule has 0 bridgehead atoms. The fourth-order valence-corrected chi connectivity index (χ4v) is 14.8. The third-order valence-corrected chi connectivity index (χ3v) is 17.7. The lowest BCUT2D eigenvalue weighted by atomic mass is 9.66. The first-order valence-electron chi connectivity index (χ1n) is 25.9. The SMILES string of the molecule is c1ccc(-c2ccc(-c3ccc(N(c4cccc5c4-c4ccccc4C54c5ccccc5Oc5ccccc54)c4c5c(cc6ccccc46)C4(c6ccccc6Sc6ccccc64)c4ccccc4-5)cc3)cc2)cc1. The number of hydrogen-bond acceptors (Lipinski definition) is 3. The van der Waals surface area contributed by atoms with Crippen LogP contribution in [0.1, 0.15) is 44.5 Å². The third-order valence-electron chi connectivity index (χ3n) is 16.6. The van der Waals surface area contributed by atoms with E-state index >= 15 is 0 Å². The molecule has 0 unspecified atom stereocenters. The Hall–Kier alpha value is -9.15. The van der Waals surface area contributed by atoms with Crippen molar-refractivity contribution in [3.8, 4) is 56.0 Å². The van der Waals surface area contributed by atoms with E-state index in [4.69, 9.17) is 4.74 Å². The molecule has 0 fully saturated rings. The highest BCUT2D eigenvalue weighted by atomic mass is 32.2. The summed E-state index contributed by atoms with van der Waals surface area (Å²) in [5.41, 5.74) is 21.9. The Labute approximate surface area is 440 Å². The fourth-order valence-electron chi connectivity index (χ4n) is 13.6. The summed E-state index contributed by atoms with van der Waals surface area (Å²) in [5, 5.41) is 2.39. The normalized spacial score (nSPS) is 14.1. The Morgan fingerprint density at radius 3 is 1.40 bits per heavy atom. The van der Waals surface area contributed by atoms with Gasteiger partial charge in [-0.25, -0.2) is 0 Å². The molecule has 12 aromatic carbocycles. The molecule has 0 atom stereocenters. The van der Waals surface area contributed by atoms with Gasteiger partial charge in [0.05, 0.1) is 22.2 Å². The zero-order valence-electron chi connectivity index (χ0n) is 40.7. The van der Waals surface area contributed by atoms with E-state index in [-0.39, 0.29) is 0 Å².